The first-order valence-corrected chi connectivity index (χ1v) is 7.49. The minimum absolute atomic E-state index is 0.0495. The molecule has 0 bridgehead atoms. The quantitative estimate of drug-likeness (QED) is 0.819. The smallest absolute Gasteiger partial charge is 0.387 e. The number of likely N-dealkylation sites (tertiary alicyclic amines) is 1. The van der Waals surface area contributed by atoms with Crippen LogP contribution in [0.3, 0.4) is 0 Å². The number of carboxylic acid groups (broad SMARTS) is 1. The Hall–Kier alpha value is -2.22. The van der Waals surface area contributed by atoms with Gasteiger partial charge >= 0.3 is 12.6 Å². The second-order valence-corrected chi connectivity index (χ2v) is 5.52. The van der Waals surface area contributed by atoms with Gasteiger partial charge in [0.2, 0.25) is 5.91 Å². The molecule has 132 valence electrons. The number of nitrogens with zero attached hydrogens (tertiary/aromatic N) is 1. The first-order valence-electron chi connectivity index (χ1n) is 7.49. The van der Waals surface area contributed by atoms with Gasteiger partial charge in [-0.2, -0.15) is 8.78 Å². The fourth-order valence-electron chi connectivity index (χ4n) is 2.71. The Bertz CT molecular complexity index is 578. The van der Waals surface area contributed by atoms with Gasteiger partial charge in [0.15, 0.2) is 0 Å². The zero-order valence-corrected chi connectivity index (χ0v) is 13.2. The summed E-state index contributed by atoms with van der Waals surface area (Å²) in [5, 5.41) is 9.21. The number of carbonyl (C=O) groups excluding carboxylic acids is 1. The molecule has 2 rings (SSSR count). The molecule has 2 unspecified atom stereocenters. The van der Waals surface area contributed by atoms with E-state index in [-0.39, 0.29) is 37.1 Å². The Labute approximate surface area is 138 Å². The molecule has 1 amide bonds. The molecule has 0 radical (unpaired) electrons. The minimum atomic E-state index is -2.88. The molecule has 2 atom stereocenters. The first kappa shape index (κ1) is 18.1. The van der Waals surface area contributed by atoms with Gasteiger partial charge in [-0.05, 0) is 24.1 Å². The van der Waals surface area contributed by atoms with Crippen molar-refractivity contribution in [1.82, 2.24) is 4.90 Å². The molecule has 1 heterocycles. The summed E-state index contributed by atoms with van der Waals surface area (Å²) in [4.78, 5) is 24.9. The monoisotopic (exact) mass is 343 g/mol. The normalized spacial score (nSPS) is 20.4. The Morgan fingerprint density at radius 2 is 2.00 bits per heavy atom. The summed E-state index contributed by atoms with van der Waals surface area (Å²) < 4.78 is 33.6. The van der Waals surface area contributed by atoms with Gasteiger partial charge in [0.25, 0.3) is 0 Å². The Morgan fingerprint density at radius 1 is 1.33 bits per heavy atom. The number of carboxylic acids is 1. The third-order valence-corrected chi connectivity index (χ3v) is 3.98. The number of benzene rings is 1. The lowest BCUT2D eigenvalue weighted by Gasteiger charge is -2.21. The van der Waals surface area contributed by atoms with Crippen LogP contribution in [0.15, 0.2) is 24.3 Å². The van der Waals surface area contributed by atoms with Crippen molar-refractivity contribution in [3.63, 3.8) is 0 Å². The van der Waals surface area contributed by atoms with Gasteiger partial charge in [-0.25, -0.2) is 4.79 Å². The molecule has 0 aliphatic carbocycles. The van der Waals surface area contributed by atoms with Gasteiger partial charge in [0.1, 0.15) is 11.8 Å². The third-order valence-electron chi connectivity index (χ3n) is 3.98. The molecule has 1 aliphatic heterocycles. The van der Waals surface area contributed by atoms with Crippen molar-refractivity contribution < 1.29 is 33.0 Å². The highest BCUT2D eigenvalue weighted by molar-refractivity contribution is 5.84. The minimum Gasteiger partial charge on any atom is -0.480 e. The average Bonchev–Trinajstić information content (AvgIpc) is 2.98. The lowest BCUT2D eigenvalue weighted by atomic mass is 10.1. The van der Waals surface area contributed by atoms with Crippen LogP contribution in [-0.2, 0) is 20.7 Å². The van der Waals surface area contributed by atoms with Crippen LogP contribution in [-0.4, -0.2) is 54.3 Å². The van der Waals surface area contributed by atoms with Gasteiger partial charge in [0, 0.05) is 26.5 Å². The number of aryl methyl sites for hydroxylation is 1. The molecule has 1 saturated heterocycles. The summed E-state index contributed by atoms with van der Waals surface area (Å²) in [6, 6.07) is 5.14. The van der Waals surface area contributed by atoms with E-state index < -0.39 is 18.6 Å². The topological polar surface area (TPSA) is 76.1 Å². The van der Waals surface area contributed by atoms with E-state index in [4.69, 9.17) is 4.74 Å². The average molecular weight is 343 g/mol. The van der Waals surface area contributed by atoms with Gasteiger partial charge < -0.3 is 19.5 Å². The van der Waals surface area contributed by atoms with Crippen molar-refractivity contribution in [3.8, 4) is 5.75 Å². The number of hydrogen-bond donors (Lipinski definition) is 1. The highest BCUT2D eigenvalue weighted by atomic mass is 19.3. The highest BCUT2D eigenvalue weighted by Crippen LogP contribution is 2.22. The predicted octanol–water partition coefficient (Wildman–Crippen LogP) is 1.92. The number of halogens is 2. The Balaban J connectivity index is 1.91. The molecule has 0 saturated carbocycles. The van der Waals surface area contributed by atoms with Crippen LogP contribution in [0.4, 0.5) is 8.78 Å². The maximum absolute atomic E-state index is 12.3. The van der Waals surface area contributed by atoms with Crippen LogP contribution in [0.1, 0.15) is 18.4 Å². The number of hydrogen-bond acceptors (Lipinski definition) is 4. The van der Waals surface area contributed by atoms with Crippen molar-refractivity contribution >= 4 is 11.9 Å². The number of ether oxygens (including phenoxy) is 2. The van der Waals surface area contributed by atoms with Crippen molar-refractivity contribution in [3.05, 3.63) is 29.8 Å². The lowest BCUT2D eigenvalue weighted by Crippen LogP contribution is -2.40. The standard InChI is InChI=1S/C16H19F2NO5/c1-23-12-8-13(15(21)22)19(9-12)14(20)7-4-10-2-5-11(6-3-10)24-16(17)18/h2-3,5-6,12-13,16H,4,7-9H2,1H3,(H,21,22). The number of aliphatic carboxylic acids is 1. The third kappa shape index (κ3) is 4.64. The van der Waals surface area contributed by atoms with Crippen molar-refractivity contribution in [2.45, 2.75) is 38.0 Å². The summed E-state index contributed by atoms with van der Waals surface area (Å²) in [5.41, 5.74) is 0.777. The molecule has 0 aromatic heterocycles. The lowest BCUT2D eigenvalue weighted by molar-refractivity contribution is -0.148. The maximum Gasteiger partial charge on any atom is 0.387 e. The molecule has 0 spiro atoms. The number of rotatable bonds is 7. The largest absolute Gasteiger partial charge is 0.480 e. The van der Waals surface area contributed by atoms with E-state index in [2.05, 4.69) is 4.74 Å². The SMILES string of the molecule is COC1CC(C(=O)O)N(C(=O)CCc2ccc(OC(F)F)cc2)C1. The molecule has 1 aromatic rings. The maximum atomic E-state index is 12.3. The second-order valence-electron chi connectivity index (χ2n) is 5.52. The van der Waals surface area contributed by atoms with Crippen molar-refractivity contribution in [2.75, 3.05) is 13.7 Å². The Kier molecular flexibility index (Phi) is 6.08. The number of carbonyl (C=O) groups is 2. The molecule has 1 aliphatic rings. The van der Waals surface area contributed by atoms with Gasteiger partial charge in [-0.1, -0.05) is 12.1 Å². The summed E-state index contributed by atoms with van der Waals surface area (Å²) in [5.74, 6) is -1.26. The van der Waals surface area contributed by atoms with Crippen LogP contribution in [0.25, 0.3) is 0 Å². The fourth-order valence-corrected chi connectivity index (χ4v) is 2.71. The van der Waals surface area contributed by atoms with E-state index in [9.17, 15) is 23.5 Å². The molecule has 1 aromatic carbocycles. The van der Waals surface area contributed by atoms with E-state index in [1.54, 1.807) is 12.1 Å². The summed E-state index contributed by atoms with van der Waals surface area (Å²) >= 11 is 0. The zero-order valence-electron chi connectivity index (χ0n) is 13.2. The number of amides is 1. The van der Waals surface area contributed by atoms with E-state index >= 15 is 0 Å². The number of alkyl halides is 2. The van der Waals surface area contributed by atoms with Gasteiger partial charge in [-0.15, -0.1) is 0 Å². The molecule has 6 nitrogen and oxygen atoms in total. The zero-order chi connectivity index (χ0) is 17.7. The molecule has 8 heteroatoms. The van der Waals surface area contributed by atoms with Crippen LogP contribution >= 0.6 is 0 Å². The summed E-state index contributed by atoms with van der Waals surface area (Å²) in [6.45, 7) is -2.62. The van der Waals surface area contributed by atoms with E-state index in [0.29, 0.717) is 6.42 Å². The van der Waals surface area contributed by atoms with Crippen LogP contribution in [0, 0.1) is 0 Å². The van der Waals surface area contributed by atoms with E-state index in [0.717, 1.165) is 5.56 Å². The summed E-state index contributed by atoms with van der Waals surface area (Å²) in [6.07, 6.45) is 0.515. The molecule has 1 fully saturated rings. The first-order chi connectivity index (χ1) is 11.4. The summed E-state index contributed by atoms with van der Waals surface area (Å²) in [7, 11) is 1.49. The number of methoxy groups -OCH3 is 1. The van der Waals surface area contributed by atoms with E-state index in [1.165, 1.54) is 24.1 Å². The van der Waals surface area contributed by atoms with Gasteiger partial charge in [0.05, 0.1) is 6.10 Å². The van der Waals surface area contributed by atoms with Crippen LogP contribution in [0.2, 0.25) is 0 Å². The molecular formula is C16H19F2NO5. The van der Waals surface area contributed by atoms with Crippen LogP contribution < -0.4 is 4.74 Å². The van der Waals surface area contributed by atoms with Crippen molar-refractivity contribution in [1.29, 1.82) is 0 Å². The predicted molar refractivity (Wildman–Crippen MR) is 79.9 cm³/mol. The second kappa shape index (κ2) is 8.05. The molecule has 1 N–H and O–H groups in total. The highest BCUT2D eigenvalue weighted by Gasteiger charge is 2.39. The van der Waals surface area contributed by atoms with E-state index in [1.807, 2.05) is 0 Å². The fraction of sp³-hybridized carbons (Fsp3) is 0.500. The molecule has 24 heavy (non-hydrogen) atoms. The van der Waals surface area contributed by atoms with Crippen LogP contribution in [0.5, 0.6) is 5.75 Å². The Morgan fingerprint density at radius 3 is 2.54 bits per heavy atom. The van der Waals surface area contributed by atoms with Gasteiger partial charge in [-0.3, -0.25) is 4.79 Å². The van der Waals surface area contributed by atoms with Crippen molar-refractivity contribution in [2.24, 2.45) is 0 Å². The molecular weight excluding hydrogens is 324 g/mol.